The number of nitrogens with zero attached hydrogens (tertiary/aromatic N) is 4. The molecule has 1 amide bonds. The lowest BCUT2D eigenvalue weighted by Crippen LogP contribution is -2.46. The van der Waals surface area contributed by atoms with Gasteiger partial charge in [0.2, 0.25) is 11.0 Å². The zero-order chi connectivity index (χ0) is 24.6. The van der Waals surface area contributed by atoms with Gasteiger partial charge in [0, 0.05) is 42.6 Å². The second kappa shape index (κ2) is 12.1. The van der Waals surface area contributed by atoms with Crippen molar-refractivity contribution in [2.24, 2.45) is 5.92 Å². The maximum absolute atomic E-state index is 13.3. The Morgan fingerprint density at radius 3 is 2.66 bits per heavy atom. The quantitative estimate of drug-likeness (QED) is 0.390. The van der Waals surface area contributed by atoms with Crippen LogP contribution in [0.2, 0.25) is 5.02 Å². The Morgan fingerprint density at radius 1 is 1.14 bits per heavy atom. The van der Waals surface area contributed by atoms with Gasteiger partial charge in [0.05, 0.1) is 19.1 Å². The number of hydrogen-bond donors (Lipinski definition) is 0. The van der Waals surface area contributed by atoms with Crippen LogP contribution in [-0.4, -0.2) is 52.4 Å². The van der Waals surface area contributed by atoms with Crippen molar-refractivity contribution < 1.29 is 14.3 Å². The fourth-order valence-electron chi connectivity index (χ4n) is 4.14. The maximum Gasteiger partial charge on any atom is 0.310 e. The van der Waals surface area contributed by atoms with Crippen LogP contribution in [0.15, 0.2) is 54.6 Å². The molecular weight excluding hydrogens is 484 g/mol. The molecule has 1 aliphatic rings. The van der Waals surface area contributed by atoms with E-state index in [9.17, 15) is 9.59 Å². The first-order chi connectivity index (χ1) is 17.0. The summed E-state index contributed by atoms with van der Waals surface area (Å²) in [5.74, 6) is 0.201. The summed E-state index contributed by atoms with van der Waals surface area (Å²) in [5, 5.41) is 1.39. The van der Waals surface area contributed by atoms with E-state index in [1.807, 2.05) is 59.5 Å². The highest BCUT2D eigenvalue weighted by molar-refractivity contribution is 7.09. The molecule has 1 atom stereocenters. The van der Waals surface area contributed by atoms with Gasteiger partial charge >= 0.3 is 5.97 Å². The van der Waals surface area contributed by atoms with Crippen LogP contribution >= 0.6 is 23.1 Å². The minimum absolute atomic E-state index is 0.0237. The van der Waals surface area contributed by atoms with Crippen LogP contribution in [0.1, 0.15) is 36.7 Å². The lowest BCUT2D eigenvalue weighted by atomic mass is 9.98. The van der Waals surface area contributed by atoms with Crippen molar-refractivity contribution in [2.45, 2.75) is 32.7 Å². The zero-order valence-electron chi connectivity index (χ0n) is 19.7. The van der Waals surface area contributed by atoms with E-state index in [-0.39, 0.29) is 24.3 Å². The number of benzene rings is 2. The number of hydrogen-bond acceptors (Lipinski definition) is 7. The molecule has 0 spiro atoms. The van der Waals surface area contributed by atoms with E-state index in [1.165, 1.54) is 11.5 Å². The highest BCUT2D eigenvalue weighted by Crippen LogP contribution is 2.23. The molecule has 2 aromatic carbocycles. The summed E-state index contributed by atoms with van der Waals surface area (Å²) in [6.45, 7) is 3.90. The molecule has 0 aliphatic carbocycles. The minimum Gasteiger partial charge on any atom is -0.466 e. The summed E-state index contributed by atoms with van der Waals surface area (Å²) in [7, 11) is 0. The van der Waals surface area contributed by atoms with E-state index in [0.717, 1.165) is 24.0 Å². The number of ether oxygens (including phenoxy) is 1. The van der Waals surface area contributed by atoms with E-state index < -0.39 is 0 Å². The summed E-state index contributed by atoms with van der Waals surface area (Å²) < 4.78 is 9.73. The number of esters is 1. The average Bonchev–Trinajstić information content (AvgIpc) is 3.34. The van der Waals surface area contributed by atoms with Crippen molar-refractivity contribution in [2.75, 3.05) is 31.1 Å². The van der Waals surface area contributed by atoms with E-state index >= 15 is 0 Å². The van der Waals surface area contributed by atoms with Gasteiger partial charge < -0.3 is 14.5 Å². The van der Waals surface area contributed by atoms with Crippen LogP contribution in [0.5, 0.6) is 0 Å². The molecule has 184 valence electrons. The second-order valence-corrected chi connectivity index (χ2v) is 9.74. The van der Waals surface area contributed by atoms with Crippen LogP contribution < -0.4 is 4.90 Å². The summed E-state index contributed by atoms with van der Waals surface area (Å²) in [5.41, 5.74) is 2.15. The van der Waals surface area contributed by atoms with Gasteiger partial charge in [0.1, 0.15) is 5.82 Å². The summed E-state index contributed by atoms with van der Waals surface area (Å²) in [4.78, 5) is 34.0. The number of carbonyl (C=O) groups excluding carboxylic acids is 2. The standard InChI is InChI=1S/C26H29ClN4O3S/c1-2-34-25(33)21-9-6-14-30(17-21)24(32)18-31(16-20-7-4-3-5-8-20)26-28-23(29-35-26)15-19-10-12-22(27)13-11-19/h3-5,7-8,10-13,21H,2,6,9,14-18H2,1H3. The molecule has 4 rings (SSSR count). The molecule has 0 bridgehead atoms. The summed E-state index contributed by atoms with van der Waals surface area (Å²) in [6, 6.07) is 17.6. The highest BCUT2D eigenvalue weighted by atomic mass is 35.5. The predicted molar refractivity (Wildman–Crippen MR) is 138 cm³/mol. The Bertz CT molecular complexity index is 1120. The third-order valence-corrected chi connectivity index (χ3v) is 7.01. The smallest absolute Gasteiger partial charge is 0.310 e. The van der Waals surface area contributed by atoms with Crippen molar-refractivity contribution in [3.8, 4) is 0 Å². The number of anilines is 1. The van der Waals surface area contributed by atoms with E-state index in [0.29, 0.717) is 48.6 Å². The predicted octanol–water partition coefficient (Wildman–Crippen LogP) is 4.59. The summed E-state index contributed by atoms with van der Waals surface area (Å²) >= 11 is 7.29. The molecule has 9 heteroatoms. The van der Waals surface area contributed by atoms with Gasteiger partial charge in [-0.1, -0.05) is 54.1 Å². The molecule has 0 N–H and O–H groups in total. The maximum atomic E-state index is 13.3. The first-order valence-corrected chi connectivity index (χ1v) is 13.0. The molecular formula is C26H29ClN4O3S. The topological polar surface area (TPSA) is 75.6 Å². The van der Waals surface area contributed by atoms with Crippen molar-refractivity contribution in [3.05, 3.63) is 76.6 Å². The molecule has 1 saturated heterocycles. The van der Waals surface area contributed by atoms with E-state index in [1.54, 1.807) is 11.8 Å². The third kappa shape index (κ3) is 7.02. The molecule has 0 radical (unpaired) electrons. The van der Waals surface area contributed by atoms with Gasteiger partial charge in [-0.3, -0.25) is 9.59 Å². The van der Waals surface area contributed by atoms with Crippen LogP contribution in [0.25, 0.3) is 0 Å². The van der Waals surface area contributed by atoms with Gasteiger partial charge in [-0.05, 0) is 43.0 Å². The molecule has 2 heterocycles. The first kappa shape index (κ1) is 25.1. The van der Waals surface area contributed by atoms with Gasteiger partial charge in [-0.2, -0.15) is 4.37 Å². The van der Waals surface area contributed by atoms with Crippen LogP contribution in [0, 0.1) is 5.92 Å². The van der Waals surface area contributed by atoms with Crippen LogP contribution in [-0.2, 0) is 27.3 Å². The number of likely N-dealkylation sites (tertiary alicyclic amines) is 1. The Labute approximate surface area is 214 Å². The molecule has 7 nitrogen and oxygen atoms in total. The minimum atomic E-state index is -0.261. The molecule has 35 heavy (non-hydrogen) atoms. The van der Waals surface area contributed by atoms with Gasteiger partial charge in [-0.25, -0.2) is 4.98 Å². The average molecular weight is 513 g/mol. The Kier molecular flexibility index (Phi) is 8.71. The molecule has 1 aliphatic heterocycles. The van der Waals surface area contributed by atoms with Gasteiger partial charge in [-0.15, -0.1) is 0 Å². The Balaban J connectivity index is 1.48. The molecule has 1 unspecified atom stereocenters. The molecule has 0 saturated carbocycles. The lowest BCUT2D eigenvalue weighted by Gasteiger charge is -2.33. The van der Waals surface area contributed by atoms with E-state index in [2.05, 4.69) is 4.37 Å². The third-order valence-electron chi connectivity index (χ3n) is 5.94. The van der Waals surface area contributed by atoms with Crippen molar-refractivity contribution in [1.29, 1.82) is 0 Å². The molecule has 3 aromatic rings. The van der Waals surface area contributed by atoms with Crippen molar-refractivity contribution >= 4 is 40.1 Å². The molecule has 1 fully saturated rings. The fourth-order valence-corrected chi connectivity index (χ4v) is 4.95. The van der Waals surface area contributed by atoms with Crippen molar-refractivity contribution in [1.82, 2.24) is 14.3 Å². The number of rotatable bonds is 9. The second-order valence-electron chi connectivity index (χ2n) is 8.57. The Hall–Kier alpha value is -2.97. The highest BCUT2D eigenvalue weighted by Gasteiger charge is 2.30. The number of halogens is 1. The SMILES string of the molecule is CCOC(=O)C1CCCN(C(=O)CN(Cc2ccccc2)c2nc(Cc3ccc(Cl)cc3)ns2)C1. The normalized spacial score (nSPS) is 15.6. The summed E-state index contributed by atoms with van der Waals surface area (Å²) in [6.07, 6.45) is 2.13. The monoisotopic (exact) mass is 512 g/mol. The van der Waals surface area contributed by atoms with Crippen molar-refractivity contribution in [3.63, 3.8) is 0 Å². The number of aromatic nitrogens is 2. The number of amides is 1. The van der Waals surface area contributed by atoms with Crippen LogP contribution in [0.4, 0.5) is 5.13 Å². The number of carbonyl (C=O) groups is 2. The van der Waals surface area contributed by atoms with Crippen LogP contribution in [0.3, 0.4) is 0 Å². The fraction of sp³-hybridized carbons (Fsp3) is 0.385. The molecule has 1 aromatic heterocycles. The first-order valence-electron chi connectivity index (χ1n) is 11.8. The zero-order valence-corrected chi connectivity index (χ0v) is 21.3. The largest absolute Gasteiger partial charge is 0.466 e. The Morgan fingerprint density at radius 2 is 1.91 bits per heavy atom. The van der Waals surface area contributed by atoms with Gasteiger partial charge in [0.15, 0.2) is 0 Å². The van der Waals surface area contributed by atoms with Gasteiger partial charge in [0.25, 0.3) is 0 Å². The number of piperidine rings is 1. The van der Waals surface area contributed by atoms with E-state index in [4.69, 9.17) is 21.3 Å². The lowest BCUT2D eigenvalue weighted by molar-refractivity contribution is -0.151.